The molecule has 27 heavy (non-hydrogen) atoms. The van der Waals surface area contributed by atoms with Gasteiger partial charge < -0.3 is 14.6 Å². The molecule has 9 heteroatoms. The molecule has 0 bridgehead atoms. The Labute approximate surface area is 156 Å². The average molecular weight is 392 g/mol. The summed E-state index contributed by atoms with van der Waals surface area (Å²) in [5, 5.41) is 6.54. The van der Waals surface area contributed by atoms with Gasteiger partial charge >= 0.3 is 5.97 Å². The lowest BCUT2D eigenvalue weighted by Crippen LogP contribution is -2.48. The fourth-order valence-electron chi connectivity index (χ4n) is 3.09. The molecule has 1 aromatic heterocycles. The van der Waals surface area contributed by atoms with Crippen molar-refractivity contribution in [3.05, 3.63) is 41.7 Å². The van der Waals surface area contributed by atoms with E-state index in [1.54, 1.807) is 38.1 Å². The topological polar surface area (TPSA) is 116 Å². The van der Waals surface area contributed by atoms with Crippen LogP contribution in [-0.4, -0.2) is 49.1 Å². The van der Waals surface area contributed by atoms with Gasteiger partial charge in [0.2, 0.25) is 0 Å². The summed E-state index contributed by atoms with van der Waals surface area (Å²) in [4.78, 5) is 24.6. The minimum atomic E-state index is -3.15. The number of nitrogens with one attached hydrogen (secondary N) is 1. The number of amides is 1. The first-order valence-corrected chi connectivity index (χ1v) is 10.2. The van der Waals surface area contributed by atoms with Gasteiger partial charge in [0.05, 0.1) is 17.0 Å². The summed E-state index contributed by atoms with van der Waals surface area (Å²) in [7, 11) is -3.15. The minimum Gasteiger partial charge on any atom is -0.452 e. The fraction of sp³-hybridized carbons (Fsp3) is 0.389. The molecule has 0 unspecified atom stereocenters. The SMILES string of the molecule is Cc1onc(-c2ccccc2)c1C(=O)OCC(=O)N[C@@]1(C)CCS(=O)(=O)C1. The number of carbonyl (C=O) groups excluding carboxylic acids is 2. The lowest BCUT2D eigenvalue weighted by Gasteiger charge is -2.23. The first-order valence-electron chi connectivity index (χ1n) is 8.39. The molecule has 2 aromatic rings. The third kappa shape index (κ3) is 4.36. The number of hydrogen-bond acceptors (Lipinski definition) is 7. The van der Waals surface area contributed by atoms with Gasteiger partial charge in [-0.1, -0.05) is 35.5 Å². The van der Waals surface area contributed by atoms with Gasteiger partial charge in [-0.25, -0.2) is 13.2 Å². The average Bonchev–Trinajstić information content (AvgIpc) is 3.12. The molecular formula is C18H20N2O6S. The zero-order valence-corrected chi connectivity index (χ0v) is 15.8. The van der Waals surface area contributed by atoms with Crippen LogP contribution >= 0.6 is 0 Å². The molecule has 3 rings (SSSR count). The zero-order chi connectivity index (χ0) is 19.7. The quantitative estimate of drug-likeness (QED) is 0.767. The minimum absolute atomic E-state index is 0.0316. The number of carbonyl (C=O) groups is 2. The number of esters is 1. The van der Waals surface area contributed by atoms with Gasteiger partial charge in [-0.15, -0.1) is 0 Å². The van der Waals surface area contributed by atoms with Gasteiger partial charge in [-0.3, -0.25) is 4.79 Å². The summed E-state index contributed by atoms with van der Waals surface area (Å²) >= 11 is 0. The van der Waals surface area contributed by atoms with Gasteiger partial charge in [0.25, 0.3) is 5.91 Å². The number of aromatic nitrogens is 1. The van der Waals surface area contributed by atoms with Crippen molar-refractivity contribution in [3.63, 3.8) is 0 Å². The lowest BCUT2D eigenvalue weighted by molar-refractivity contribution is -0.125. The number of nitrogens with zero attached hydrogens (tertiary/aromatic N) is 1. The Bertz CT molecular complexity index is 967. The maximum absolute atomic E-state index is 12.4. The molecule has 1 aliphatic heterocycles. The van der Waals surface area contributed by atoms with Crippen LogP contribution in [0.4, 0.5) is 0 Å². The molecule has 1 atom stereocenters. The first kappa shape index (κ1) is 19.1. The molecule has 0 radical (unpaired) electrons. The Balaban J connectivity index is 1.65. The fourth-order valence-corrected chi connectivity index (χ4v) is 5.18. The highest BCUT2D eigenvalue weighted by molar-refractivity contribution is 7.91. The van der Waals surface area contributed by atoms with Crippen molar-refractivity contribution >= 4 is 21.7 Å². The van der Waals surface area contributed by atoms with Crippen molar-refractivity contribution in [2.24, 2.45) is 0 Å². The Kier molecular flexibility index (Phi) is 5.05. The Hall–Kier alpha value is -2.68. The van der Waals surface area contributed by atoms with E-state index < -0.39 is 33.9 Å². The van der Waals surface area contributed by atoms with Crippen LogP contribution < -0.4 is 5.32 Å². The zero-order valence-electron chi connectivity index (χ0n) is 15.0. The maximum Gasteiger partial charge on any atom is 0.344 e. The summed E-state index contributed by atoms with van der Waals surface area (Å²) < 4.78 is 33.4. The Morgan fingerprint density at radius 2 is 2.00 bits per heavy atom. The lowest BCUT2D eigenvalue weighted by atomic mass is 10.0. The second kappa shape index (κ2) is 7.15. The molecule has 144 valence electrons. The van der Waals surface area contributed by atoms with Crippen molar-refractivity contribution in [2.75, 3.05) is 18.1 Å². The maximum atomic E-state index is 12.4. The van der Waals surface area contributed by atoms with Crippen LogP contribution in [0.15, 0.2) is 34.9 Å². The Morgan fingerprint density at radius 3 is 2.63 bits per heavy atom. The number of hydrogen-bond donors (Lipinski definition) is 1. The van der Waals surface area contributed by atoms with Gasteiger partial charge in [0.15, 0.2) is 16.4 Å². The van der Waals surface area contributed by atoms with E-state index in [1.165, 1.54) is 0 Å². The molecule has 1 aliphatic rings. The predicted molar refractivity (Wildman–Crippen MR) is 96.8 cm³/mol. The highest BCUT2D eigenvalue weighted by Crippen LogP contribution is 2.26. The number of benzene rings is 1. The summed E-state index contributed by atoms with van der Waals surface area (Å²) in [6.45, 7) is 2.72. The van der Waals surface area contributed by atoms with Crippen LogP contribution in [0.1, 0.15) is 29.5 Å². The van der Waals surface area contributed by atoms with Gasteiger partial charge in [0.1, 0.15) is 17.0 Å². The number of ether oxygens (including phenoxy) is 1. The molecule has 2 heterocycles. The monoisotopic (exact) mass is 392 g/mol. The van der Waals surface area contributed by atoms with E-state index in [0.29, 0.717) is 17.7 Å². The van der Waals surface area contributed by atoms with E-state index in [-0.39, 0.29) is 22.8 Å². The van der Waals surface area contributed by atoms with Crippen molar-refractivity contribution in [2.45, 2.75) is 25.8 Å². The van der Waals surface area contributed by atoms with E-state index in [4.69, 9.17) is 9.26 Å². The van der Waals surface area contributed by atoms with Gasteiger partial charge in [-0.2, -0.15) is 0 Å². The van der Waals surface area contributed by atoms with Crippen LogP contribution in [0, 0.1) is 6.92 Å². The van der Waals surface area contributed by atoms with E-state index in [1.807, 2.05) is 6.07 Å². The van der Waals surface area contributed by atoms with Crippen LogP contribution in [0.2, 0.25) is 0 Å². The number of sulfone groups is 1. The molecule has 1 amide bonds. The Morgan fingerprint density at radius 1 is 1.30 bits per heavy atom. The second-order valence-electron chi connectivity index (χ2n) is 6.86. The summed E-state index contributed by atoms with van der Waals surface area (Å²) in [5.74, 6) is -1.09. The third-order valence-corrected chi connectivity index (χ3v) is 6.30. The highest BCUT2D eigenvalue weighted by Gasteiger charge is 2.39. The molecule has 1 aromatic carbocycles. The molecule has 1 saturated heterocycles. The van der Waals surface area contributed by atoms with E-state index in [9.17, 15) is 18.0 Å². The largest absolute Gasteiger partial charge is 0.452 e. The van der Waals surface area contributed by atoms with E-state index in [2.05, 4.69) is 10.5 Å². The van der Waals surface area contributed by atoms with Gasteiger partial charge in [-0.05, 0) is 20.3 Å². The standard InChI is InChI=1S/C18H20N2O6S/c1-12-15(16(20-26-12)13-6-4-3-5-7-13)17(22)25-10-14(21)19-18(2)8-9-27(23,24)11-18/h3-7H,8-11H2,1-2H3,(H,19,21)/t18-/m0/s1. The smallest absolute Gasteiger partial charge is 0.344 e. The molecule has 0 aliphatic carbocycles. The molecule has 0 spiro atoms. The van der Waals surface area contributed by atoms with Crippen LogP contribution in [-0.2, 0) is 19.4 Å². The van der Waals surface area contributed by atoms with Crippen molar-refractivity contribution < 1.29 is 27.3 Å². The summed E-state index contributed by atoms with van der Waals surface area (Å²) in [6, 6.07) is 9.00. The van der Waals surface area contributed by atoms with Crippen molar-refractivity contribution in [3.8, 4) is 11.3 Å². The molecule has 0 saturated carbocycles. The summed E-state index contributed by atoms with van der Waals surface area (Å²) in [5.41, 5.74) is 0.343. The van der Waals surface area contributed by atoms with Crippen LogP contribution in [0.3, 0.4) is 0 Å². The molecule has 1 fully saturated rings. The normalized spacial score (nSPS) is 21.0. The van der Waals surface area contributed by atoms with Crippen LogP contribution in [0.5, 0.6) is 0 Å². The van der Waals surface area contributed by atoms with E-state index >= 15 is 0 Å². The van der Waals surface area contributed by atoms with Crippen LogP contribution in [0.25, 0.3) is 11.3 Å². The number of rotatable bonds is 5. The highest BCUT2D eigenvalue weighted by atomic mass is 32.2. The molecule has 8 nitrogen and oxygen atoms in total. The number of aryl methyl sites for hydroxylation is 1. The molecule has 1 N–H and O–H groups in total. The van der Waals surface area contributed by atoms with E-state index in [0.717, 1.165) is 0 Å². The first-order chi connectivity index (χ1) is 12.7. The molecular weight excluding hydrogens is 372 g/mol. The predicted octanol–water partition coefficient (Wildman–Crippen LogP) is 1.50. The van der Waals surface area contributed by atoms with Crippen molar-refractivity contribution in [1.29, 1.82) is 0 Å². The van der Waals surface area contributed by atoms with Crippen molar-refractivity contribution in [1.82, 2.24) is 10.5 Å². The second-order valence-corrected chi connectivity index (χ2v) is 9.04. The van der Waals surface area contributed by atoms with Gasteiger partial charge in [0, 0.05) is 5.56 Å². The summed E-state index contributed by atoms with van der Waals surface area (Å²) in [6.07, 6.45) is 0.331. The third-order valence-electron chi connectivity index (χ3n) is 4.39.